The van der Waals surface area contributed by atoms with Gasteiger partial charge in [-0.2, -0.15) is 0 Å². The van der Waals surface area contributed by atoms with Gasteiger partial charge in [0.25, 0.3) is 0 Å². The van der Waals surface area contributed by atoms with Gasteiger partial charge in [-0.25, -0.2) is 0 Å². The van der Waals surface area contributed by atoms with Gasteiger partial charge in [0.15, 0.2) is 0 Å². The van der Waals surface area contributed by atoms with Crippen LogP contribution in [0.15, 0.2) is 0 Å². The second-order valence-corrected chi connectivity index (χ2v) is 5.59. The van der Waals surface area contributed by atoms with Gasteiger partial charge < -0.3 is 5.32 Å². The fourth-order valence-corrected chi connectivity index (χ4v) is 3.22. The molecule has 0 amide bonds. The van der Waals surface area contributed by atoms with Gasteiger partial charge in [0.1, 0.15) is 0 Å². The minimum absolute atomic E-state index is 0. The van der Waals surface area contributed by atoms with Crippen molar-refractivity contribution in [3.8, 4) is 11.8 Å². The number of hydrogen-bond acceptors (Lipinski definition) is 2. The van der Waals surface area contributed by atoms with Crippen LogP contribution in [0.5, 0.6) is 0 Å². The first-order valence-electron chi connectivity index (χ1n) is 7.23. The number of piperidine rings is 1. The van der Waals surface area contributed by atoms with E-state index < -0.39 is 0 Å². The second-order valence-electron chi connectivity index (χ2n) is 5.59. The minimum Gasteiger partial charge on any atom is -0.317 e. The SMILES string of the molecule is CCC#CCN1CCCC2(CCNCC2)CC1.Cl.Cl. The lowest BCUT2D eigenvalue weighted by atomic mass is 9.73. The average molecular weight is 307 g/mol. The second kappa shape index (κ2) is 9.88. The number of nitrogens with zero attached hydrogens (tertiary/aromatic N) is 1. The summed E-state index contributed by atoms with van der Waals surface area (Å²) in [6, 6.07) is 0. The van der Waals surface area contributed by atoms with E-state index in [2.05, 4.69) is 29.0 Å². The monoisotopic (exact) mass is 306 g/mol. The Kier molecular flexibility index (Phi) is 9.92. The van der Waals surface area contributed by atoms with Crippen LogP contribution in [0.1, 0.15) is 45.4 Å². The van der Waals surface area contributed by atoms with Gasteiger partial charge in [-0.3, -0.25) is 4.90 Å². The highest BCUT2D eigenvalue weighted by Crippen LogP contribution is 2.39. The summed E-state index contributed by atoms with van der Waals surface area (Å²) in [5.41, 5.74) is 0.665. The van der Waals surface area contributed by atoms with Crippen molar-refractivity contribution in [1.29, 1.82) is 0 Å². The molecule has 2 fully saturated rings. The van der Waals surface area contributed by atoms with E-state index in [1.165, 1.54) is 58.3 Å². The third-order valence-electron chi connectivity index (χ3n) is 4.41. The number of likely N-dealkylation sites (tertiary alicyclic amines) is 1. The van der Waals surface area contributed by atoms with E-state index in [0.717, 1.165) is 13.0 Å². The van der Waals surface area contributed by atoms with Crippen molar-refractivity contribution in [3.05, 3.63) is 0 Å². The zero-order chi connectivity index (χ0) is 12.0. The maximum Gasteiger partial charge on any atom is 0.0601 e. The van der Waals surface area contributed by atoms with Crippen molar-refractivity contribution in [3.63, 3.8) is 0 Å². The van der Waals surface area contributed by atoms with E-state index in [1.807, 2.05) is 0 Å². The molecule has 19 heavy (non-hydrogen) atoms. The molecule has 2 nitrogen and oxygen atoms in total. The number of halogens is 2. The van der Waals surface area contributed by atoms with Crippen LogP contribution in [0, 0.1) is 17.3 Å². The zero-order valence-corrected chi connectivity index (χ0v) is 13.7. The zero-order valence-electron chi connectivity index (χ0n) is 12.0. The Morgan fingerprint density at radius 1 is 1.00 bits per heavy atom. The van der Waals surface area contributed by atoms with Crippen LogP contribution >= 0.6 is 24.8 Å². The summed E-state index contributed by atoms with van der Waals surface area (Å²) in [4.78, 5) is 2.56. The third kappa shape index (κ3) is 5.92. The van der Waals surface area contributed by atoms with Crippen LogP contribution < -0.4 is 5.32 Å². The summed E-state index contributed by atoms with van der Waals surface area (Å²) in [5.74, 6) is 6.47. The maximum atomic E-state index is 3.49. The predicted molar refractivity (Wildman–Crippen MR) is 87.4 cm³/mol. The molecule has 0 unspecified atom stereocenters. The number of rotatable bonds is 1. The maximum absolute atomic E-state index is 3.49. The van der Waals surface area contributed by atoms with E-state index in [1.54, 1.807) is 0 Å². The molecule has 0 aromatic heterocycles. The largest absolute Gasteiger partial charge is 0.317 e. The molecule has 0 aromatic carbocycles. The summed E-state index contributed by atoms with van der Waals surface area (Å²) in [6.45, 7) is 8.10. The lowest BCUT2D eigenvalue weighted by molar-refractivity contribution is 0.170. The van der Waals surface area contributed by atoms with Crippen molar-refractivity contribution < 1.29 is 0 Å². The van der Waals surface area contributed by atoms with Crippen LogP contribution in [0.3, 0.4) is 0 Å². The molecule has 1 spiro atoms. The van der Waals surface area contributed by atoms with Gasteiger partial charge in [0, 0.05) is 6.42 Å². The molecule has 0 radical (unpaired) electrons. The Hall–Kier alpha value is 0.0600. The minimum atomic E-state index is 0. The van der Waals surface area contributed by atoms with Crippen molar-refractivity contribution in [2.75, 3.05) is 32.7 Å². The molecular weight excluding hydrogens is 279 g/mol. The van der Waals surface area contributed by atoms with Gasteiger partial charge >= 0.3 is 0 Å². The molecule has 2 rings (SSSR count). The molecule has 0 saturated carbocycles. The molecule has 4 heteroatoms. The topological polar surface area (TPSA) is 15.3 Å². The van der Waals surface area contributed by atoms with Gasteiger partial charge in [-0.15, -0.1) is 30.7 Å². The fourth-order valence-electron chi connectivity index (χ4n) is 3.22. The third-order valence-corrected chi connectivity index (χ3v) is 4.41. The van der Waals surface area contributed by atoms with E-state index in [-0.39, 0.29) is 24.8 Å². The van der Waals surface area contributed by atoms with Crippen molar-refractivity contribution in [2.45, 2.75) is 45.4 Å². The molecule has 2 heterocycles. The summed E-state index contributed by atoms with van der Waals surface area (Å²) in [5, 5.41) is 3.49. The van der Waals surface area contributed by atoms with E-state index >= 15 is 0 Å². The average Bonchev–Trinajstić information content (AvgIpc) is 2.54. The Morgan fingerprint density at radius 3 is 2.42 bits per heavy atom. The molecule has 0 aliphatic carbocycles. The van der Waals surface area contributed by atoms with Crippen LogP contribution in [0.2, 0.25) is 0 Å². The molecule has 2 aliphatic rings. The lowest BCUT2D eigenvalue weighted by Gasteiger charge is -2.37. The first kappa shape index (κ1) is 19.1. The number of hydrogen-bond donors (Lipinski definition) is 1. The summed E-state index contributed by atoms with van der Waals surface area (Å²) >= 11 is 0. The van der Waals surface area contributed by atoms with Gasteiger partial charge in [0.2, 0.25) is 0 Å². The quantitative estimate of drug-likeness (QED) is 0.749. The molecule has 0 atom stereocenters. The fraction of sp³-hybridized carbons (Fsp3) is 0.867. The molecule has 2 aliphatic heterocycles. The highest BCUT2D eigenvalue weighted by Gasteiger charge is 2.33. The van der Waals surface area contributed by atoms with Gasteiger partial charge in [-0.05, 0) is 63.7 Å². The first-order chi connectivity index (χ1) is 8.35. The lowest BCUT2D eigenvalue weighted by Crippen LogP contribution is -2.37. The van der Waals surface area contributed by atoms with Crippen LogP contribution in [0.4, 0.5) is 0 Å². The molecular formula is C15H28Cl2N2. The van der Waals surface area contributed by atoms with E-state index in [4.69, 9.17) is 0 Å². The Labute approximate surface area is 130 Å². The summed E-state index contributed by atoms with van der Waals surface area (Å²) in [6.07, 6.45) is 7.97. The van der Waals surface area contributed by atoms with Crippen molar-refractivity contribution in [1.82, 2.24) is 10.2 Å². The van der Waals surface area contributed by atoms with Crippen molar-refractivity contribution in [2.24, 2.45) is 5.41 Å². The normalized spacial score (nSPS) is 22.4. The first-order valence-corrected chi connectivity index (χ1v) is 7.23. The molecule has 0 bridgehead atoms. The Bertz CT molecular complexity index is 290. The van der Waals surface area contributed by atoms with Crippen molar-refractivity contribution >= 4 is 24.8 Å². The molecule has 1 N–H and O–H groups in total. The Balaban J connectivity index is 0.00000162. The molecule has 0 aromatic rings. The van der Waals surface area contributed by atoms with Crippen LogP contribution in [-0.2, 0) is 0 Å². The van der Waals surface area contributed by atoms with Crippen LogP contribution in [0.25, 0.3) is 0 Å². The standard InChI is InChI=1S/C15H26N2.2ClH/c1-2-3-4-12-17-13-5-6-15(9-14-17)7-10-16-11-8-15;;/h16H,2,5-14H2,1H3;2*1H. The molecule has 2 saturated heterocycles. The summed E-state index contributed by atoms with van der Waals surface area (Å²) in [7, 11) is 0. The smallest absolute Gasteiger partial charge is 0.0601 e. The highest BCUT2D eigenvalue weighted by molar-refractivity contribution is 5.85. The number of nitrogens with one attached hydrogen (secondary N) is 1. The predicted octanol–water partition coefficient (Wildman–Crippen LogP) is 3.10. The highest BCUT2D eigenvalue weighted by atomic mass is 35.5. The van der Waals surface area contributed by atoms with Gasteiger partial charge in [-0.1, -0.05) is 12.8 Å². The van der Waals surface area contributed by atoms with Gasteiger partial charge in [0.05, 0.1) is 6.54 Å². The summed E-state index contributed by atoms with van der Waals surface area (Å²) < 4.78 is 0. The Morgan fingerprint density at radius 2 is 1.74 bits per heavy atom. The van der Waals surface area contributed by atoms with Crippen LogP contribution in [-0.4, -0.2) is 37.6 Å². The van der Waals surface area contributed by atoms with E-state index in [0.29, 0.717) is 5.41 Å². The molecule has 112 valence electrons. The van der Waals surface area contributed by atoms with E-state index in [9.17, 15) is 0 Å².